The van der Waals surface area contributed by atoms with Crippen LogP contribution in [0.15, 0.2) is 23.4 Å². The van der Waals surface area contributed by atoms with Gasteiger partial charge in [-0.3, -0.25) is 4.84 Å². The fourth-order valence-electron chi connectivity index (χ4n) is 1.51. The quantitative estimate of drug-likeness (QED) is 0.590. The van der Waals surface area contributed by atoms with Crippen molar-refractivity contribution < 1.29 is 0 Å². The molecule has 0 saturated heterocycles. The van der Waals surface area contributed by atoms with E-state index in [9.17, 15) is 0 Å². The zero-order valence-electron chi connectivity index (χ0n) is 8.19. The van der Waals surface area contributed by atoms with Crippen molar-refractivity contribution in [3.63, 3.8) is 0 Å². The Balaban J connectivity index is 2.83. The van der Waals surface area contributed by atoms with Gasteiger partial charge in [0, 0.05) is 29.6 Å². The Bertz CT molecular complexity index is 235. The summed E-state index contributed by atoms with van der Waals surface area (Å²) in [6.45, 7) is 2.04. The van der Waals surface area contributed by atoms with Crippen LogP contribution >= 0.6 is 11.8 Å². The number of rotatable bonds is 3. The third-order valence-electron chi connectivity index (χ3n) is 2.36. The summed E-state index contributed by atoms with van der Waals surface area (Å²) in [4.78, 5) is 2.66. The maximum Gasteiger partial charge on any atom is 0.0494 e. The van der Waals surface area contributed by atoms with Crippen LogP contribution in [0.1, 0.15) is 6.92 Å². The number of hydrogen-bond donors (Lipinski definition) is 3. The van der Waals surface area contributed by atoms with Crippen LogP contribution < -0.4 is 15.5 Å². The number of nitrogens with one attached hydrogen (secondary N) is 3. The van der Waals surface area contributed by atoms with Crippen molar-refractivity contribution in [3.8, 4) is 0 Å². The van der Waals surface area contributed by atoms with Gasteiger partial charge in [0.2, 0.25) is 0 Å². The van der Waals surface area contributed by atoms with E-state index in [-0.39, 0.29) is 6.04 Å². The van der Waals surface area contributed by atoms with Crippen molar-refractivity contribution in [3.05, 3.63) is 23.4 Å². The van der Waals surface area contributed by atoms with Gasteiger partial charge in [0.05, 0.1) is 0 Å². The van der Waals surface area contributed by atoms with Crippen molar-refractivity contribution >= 4 is 11.8 Å². The molecular weight excluding hydrogens is 186 g/mol. The Morgan fingerprint density at radius 1 is 1.15 bits per heavy atom. The summed E-state index contributed by atoms with van der Waals surface area (Å²) >= 11 is 5.58. The molecule has 0 aromatic heterocycles. The highest BCUT2D eigenvalue weighted by Gasteiger charge is 2.19. The molecule has 1 aliphatic carbocycles. The lowest BCUT2D eigenvalue weighted by molar-refractivity contribution is 0.522. The Hall–Kier alpha value is -0.510. The molecule has 0 fully saturated rings. The average Bonchev–Trinajstić information content (AvgIpc) is 2.17. The van der Waals surface area contributed by atoms with Gasteiger partial charge in [-0.1, -0.05) is 6.08 Å². The van der Waals surface area contributed by atoms with Crippen LogP contribution in [0.2, 0.25) is 0 Å². The summed E-state index contributed by atoms with van der Waals surface area (Å²) in [6, 6.07) is 0.619. The lowest BCUT2D eigenvalue weighted by atomic mass is 9.96. The van der Waals surface area contributed by atoms with Crippen LogP contribution in [-0.2, 0) is 0 Å². The molecule has 0 radical (unpaired) electrons. The summed E-state index contributed by atoms with van der Waals surface area (Å²) in [7, 11) is 3.89. The van der Waals surface area contributed by atoms with Gasteiger partial charge in [0.15, 0.2) is 0 Å². The SMILES string of the molecule is CNC1C=C(C)C(NCl)=CC1NC. The van der Waals surface area contributed by atoms with E-state index in [2.05, 4.69) is 27.6 Å². The van der Waals surface area contributed by atoms with Crippen LogP contribution in [0.3, 0.4) is 0 Å². The molecule has 0 saturated carbocycles. The molecule has 0 aromatic carbocycles. The first-order valence-corrected chi connectivity index (χ1v) is 4.72. The van der Waals surface area contributed by atoms with Crippen molar-refractivity contribution in [2.24, 2.45) is 0 Å². The van der Waals surface area contributed by atoms with Crippen molar-refractivity contribution in [1.29, 1.82) is 0 Å². The number of hydrogen-bond acceptors (Lipinski definition) is 3. The predicted octanol–water partition coefficient (Wildman–Crippen LogP) is 0.750. The lowest BCUT2D eigenvalue weighted by Gasteiger charge is -2.27. The van der Waals surface area contributed by atoms with Gasteiger partial charge in [-0.2, -0.15) is 0 Å². The molecule has 2 unspecified atom stereocenters. The van der Waals surface area contributed by atoms with Crippen LogP contribution in [-0.4, -0.2) is 26.2 Å². The van der Waals surface area contributed by atoms with E-state index in [4.69, 9.17) is 11.8 Å². The van der Waals surface area contributed by atoms with Crippen molar-refractivity contribution in [2.45, 2.75) is 19.0 Å². The van der Waals surface area contributed by atoms with E-state index in [0.29, 0.717) is 6.04 Å². The lowest BCUT2D eigenvalue weighted by Crippen LogP contribution is -2.45. The summed E-state index contributed by atoms with van der Waals surface area (Å²) in [5, 5.41) is 6.43. The second kappa shape index (κ2) is 4.65. The molecule has 4 heteroatoms. The highest BCUT2D eigenvalue weighted by Crippen LogP contribution is 2.16. The van der Waals surface area contributed by atoms with Gasteiger partial charge < -0.3 is 10.6 Å². The molecule has 1 aliphatic rings. The van der Waals surface area contributed by atoms with Crippen molar-refractivity contribution in [1.82, 2.24) is 15.5 Å². The molecular formula is C9H16ClN3. The predicted molar refractivity (Wildman–Crippen MR) is 56.5 cm³/mol. The van der Waals surface area contributed by atoms with Crippen LogP contribution in [0.4, 0.5) is 0 Å². The maximum atomic E-state index is 5.58. The Morgan fingerprint density at radius 2 is 1.69 bits per heavy atom. The van der Waals surface area contributed by atoms with E-state index in [1.807, 2.05) is 21.0 Å². The van der Waals surface area contributed by atoms with Crippen LogP contribution in [0, 0.1) is 0 Å². The molecule has 0 aromatic rings. The number of likely N-dealkylation sites (N-methyl/N-ethyl adjacent to an activating group) is 2. The largest absolute Gasteiger partial charge is 0.312 e. The molecule has 0 aliphatic heterocycles. The molecule has 3 N–H and O–H groups in total. The van der Waals surface area contributed by atoms with Gasteiger partial charge in [0.1, 0.15) is 0 Å². The fraction of sp³-hybridized carbons (Fsp3) is 0.556. The minimum Gasteiger partial charge on any atom is -0.312 e. The third-order valence-corrected chi connectivity index (χ3v) is 2.56. The normalized spacial score (nSPS) is 28.0. The third kappa shape index (κ3) is 2.24. The van der Waals surface area contributed by atoms with Gasteiger partial charge >= 0.3 is 0 Å². The van der Waals surface area contributed by atoms with Crippen LogP contribution in [0.5, 0.6) is 0 Å². The van der Waals surface area contributed by atoms with Gasteiger partial charge in [-0.25, -0.2) is 0 Å². The average molecular weight is 202 g/mol. The van der Waals surface area contributed by atoms with Gasteiger partial charge in [-0.15, -0.1) is 0 Å². The Labute approximate surface area is 84.3 Å². The molecule has 1 rings (SSSR count). The summed E-state index contributed by atoms with van der Waals surface area (Å²) in [5.74, 6) is 0. The standard InChI is InChI=1S/C9H16ClN3/c1-6-4-8(11-2)9(12-3)5-7(6)13-10/h4-5,8-9,11-13H,1-3H3. The maximum absolute atomic E-state index is 5.58. The van der Waals surface area contributed by atoms with E-state index in [1.165, 1.54) is 5.57 Å². The van der Waals surface area contributed by atoms with Gasteiger partial charge in [0.25, 0.3) is 0 Å². The molecule has 2 atom stereocenters. The van der Waals surface area contributed by atoms with E-state index in [1.54, 1.807) is 0 Å². The first kappa shape index (κ1) is 10.6. The minimum absolute atomic E-state index is 0.287. The summed E-state index contributed by atoms with van der Waals surface area (Å²) in [6.07, 6.45) is 4.25. The molecule has 0 spiro atoms. The summed E-state index contributed by atoms with van der Waals surface area (Å²) in [5.41, 5.74) is 2.15. The monoisotopic (exact) mass is 201 g/mol. The van der Waals surface area contributed by atoms with Gasteiger partial charge in [-0.05, 0) is 32.7 Å². The highest BCUT2D eigenvalue weighted by atomic mass is 35.5. The Kier molecular flexibility index (Phi) is 3.78. The Morgan fingerprint density at radius 3 is 2.15 bits per heavy atom. The van der Waals surface area contributed by atoms with Crippen molar-refractivity contribution in [2.75, 3.05) is 14.1 Å². The molecule has 0 amide bonds. The van der Waals surface area contributed by atoms with E-state index < -0.39 is 0 Å². The zero-order valence-corrected chi connectivity index (χ0v) is 8.94. The second-order valence-electron chi connectivity index (χ2n) is 3.15. The highest BCUT2D eigenvalue weighted by molar-refractivity contribution is 6.14. The molecule has 0 heterocycles. The van der Waals surface area contributed by atoms with E-state index in [0.717, 1.165) is 5.70 Å². The second-order valence-corrected chi connectivity index (χ2v) is 3.34. The smallest absolute Gasteiger partial charge is 0.0494 e. The minimum atomic E-state index is 0.287. The number of halogens is 1. The molecule has 3 nitrogen and oxygen atoms in total. The zero-order chi connectivity index (χ0) is 9.84. The van der Waals surface area contributed by atoms with Crippen LogP contribution in [0.25, 0.3) is 0 Å². The topological polar surface area (TPSA) is 36.1 Å². The first-order valence-electron chi connectivity index (χ1n) is 4.34. The molecule has 74 valence electrons. The first-order chi connectivity index (χ1) is 6.22. The molecule has 13 heavy (non-hydrogen) atoms. The summed E-state index contributed by atoms with van der Waals surface area (Å²) < 4.78 is 0. The molecule has 0 bridgehead atoms. The fourth-order valence-corrected chi connectivity index (χ4v) is 1.72. The number of allylic oxidation sites excluding steroid dienone is 1. The van der Waals surface area contributed by atoms with E-state index >= 15 is 0 Å².